The van der Waals surface area contributed by atoms with Crippen LogP contribution in [0.5, 0.6) is 0 Å². The molecule has 17 heavy (non-hydrogen) atoms. The molecule has 0 aliphatic carbocycles. The number of halogens is 2. The summed E-state index contributed by atoms with van der Waals surface area (Å²) in [5.74, 6) is -1.53. The summed E-state index contributed by atoms with van der Waals surface area (Å²) in [6.45, 7) is 3.71. The Morgan fingerprint density at radius 2 is 2.06 bits per heavy atom. The van der Waals surface area contributed by atoms with E-state index in [4.69, 9.17) is 5.73 Å². The summed E-state index contributed by atoms with van der Waals surface area (Å²) in [6.07, 6.45) is 0. The molecular formula is C12H16F2N2O. The number of benzene rings is 1. The van der Waals surface area contributed by atoms with Gasteiger partial charge in [0.15, 0.2) is 0 Å². The van der Waals surface area contributed by atoms with Crippen molar-refractivity contribution in [3.63, 3.8) is 0 Å². The molecule has 1 aromatic carbocycles. The molecular weight excluding hydrogens is 226 g/mol. The van der Waals surface area contributed by atoms with Gasteiger partial charge in [0.25, 0.3) is 0 Å². The summed E-state index contributed by atoms with van der Waals surface area (Å²) >= 11 is 0. The van der Waals surface area contributed by atoms with E-state index in [1.807, 2.05) is 13.8 Å². The zero-order valence-electron chi connectivity index (χ0n) is 9.84. The van der Waals surface area contributed by atoms with E-state index in [2.05, 4.69) is 5.32 Å². The number of nitrogens with two attached hydrogens (primary N) is 1. The van der Waals surface area contributed by atoms with Crippen molar-refractivity contribution in [2.75, 3.05) is 0 Å². The molecule has 1 rings (SSSR count). The lowest BCUT2D eigenvalue weighted by molar-refractivity contribution is -0.121. The average molecular weight is 242 g/mol. The van der Waals surface area contributed by atoms with Gasteiger partial charge in [-0.05, 0) is 24.1 Å². The summed E-state index contributed by atoms with van der Waals surface area (Å²) in [5.41, 5.74) is 5.38. The quantitative estimate of drug-likeness (QED) is 0.823. The van der Waals surface area contributed by atoms with Gasteiger partial charge in [0, 0.05) is 12.1 Å². The van der Waals surface area contributed by atoms with Gasteiger partial charge in [0.2, 0.25) is 5.91 Å². The average Bonchev–Trinajstić information content (AvgIpc) is 2.22. The smallest absolute Gasteiger partial charge is 0.234 e. The number of rotatable bonds is 5. The van der Waals surface area contributed by atoms with Crippen LogP contribution in [0.15, 0.2) is 18.2 Å². The molecule has 1 amide bonds. The Morgan fingerprint density at radius 1 is 1.41 bits per heavy atom. The fourth-order valence-corrected chi connectivity index (χ4v) is 1.56. The lowest BCUT2D eigenvalue weighted by Crippen LogP contribution is -2.44. The van der Waals surface area contributed by atoms with E-state index in [0.29, 0.717) is 0 Å². The van der Waals surface area contributed by atoms with E-state index in [1.165, 1.54) is 0 Å². The number of hydrogen-bond donors (Lipinski definition) is 2. The van der Waals surface area contributed by atoms with Crippen LogP contribution >= 0.6 is 0 Å². The fraction of sp³-hybridized carbons (Fsp3) is 0.417. The summed E-state index contributed by atoms with van der Waals surface area (Å²) in [7, 11) is 0. The summed E-state index contributed by atoms with van der Waals surface area (Å²) < 4.78 is 26.2. The van der Waals surface area contributed by atoms with Crippen LogP contribution in [0.1, 0.15) is 19.4 Å². The number of primary amides is 1. The van der Waals surface area contributed by atoms with E-state index in [9.17, 15) is 13.6 Å². The first-order chi connectivity index (χ1) is 7.91. The standard InChI is InChI=1S/C12H16F2N2O/c1-7(2)11(12(15)17)16-6-8-5-9(13)3-4-10(8)14/h3-5,7,11,16H,6H2,1-2H3,(H2,15,17). The maximum Gasteiger partial charge on any atom is 0.234 e. The molecule has 0 fully saturated rings. The molecule has 1 unspecified atom stereocenters. The van der Waals surface area contributed by atoms with E-state index >= 15 is 0 Å². The van der Waals surface area contributed by atoms with Crippen LogP contribution in [0.4, 0.5) is 8.78 Å². The first kappa shape index (κ1) is 13.6. The van der Waals surface area contributed by atoms with Crippen LogP contribution in [-0.2, 0) is 11.3 Å². The second kappa shape index (κ2) is 5.72. The van der Waals surface area contributed by atoms with Gasteiger partial charge in [-0.3, -0.25) is 4.79 Å². The van der Waals surface area contributed by atoms with Crippen molar-refractivity contribution in [3.05, 3.63) is 35.4 Å². The van der Waals surface area contributed by atoms with Crippen LogP contribution in [0.25, 0.3) is 0 Å². The van der Waals surface area contributed by atoms with Crippen LogP contribution in [0.2, 0.25) is 0 Å². The van der Waals surface area contributed by atoms with Gasteiger partial charge in [-0.1, -0.05) is 13.8 Å². The third-order valence-electron chi connectivity index (χ3n) is 2.49. The molecule has 0 aliphatic heterocycles. The number of nitrogens with one attached hydrogen (secondary N) is 1. The van der Waals surface area contributed by atoms with Gasteiger partial charge in [0.1, 0.15) is 11.6 Å². The van der Waals surface area contributed by atoms with E-state index in [0.717, 1.165) is 18.2 Å². The zero-order valence-corrected chi connectivity index (χ0v) is 9.84. The van der Waals surface area contributed by atoms with Crippen molar-refractivity contribution < 1.29 is 13.6 Å². The Morgan fingerprint density at radius 3 is 2.59 bits per heavy atom. The molecule has 0 heterocycles. The van der Waals surface area contributed by atoms with E-state index in [1.54, 1.807) is 0 Å². The minimum absolute atomic E-state index is 0.0101. The number of hydrogen-bond acceptors (Lipinski definition) is 2. The van der Waals surface area contributed by atoms with Crippen LogP contribution < -0.4 is 11.1 Å². The maximum absolute atomic E-state index is 13.3. The zero-order chi connectivity index (χ0) is 13.0. The van der Waals surface area contributed by atoms with Crippen LogP contribution in [0, 0.1) is 17.6 Å². The van der Waals surface area contributed by atoms with Gasteiger partial charge in [-0.2, -0.15) is 0 Å². The highest BCUT2D eigenvalue weighted by Gasteiger charge is 2.19. The lowest BCUT2D eigenvalue weighted by atomic mass is 10.0. The van der Waals surface area contributed by atoms with Crippen molar-refractivity contribution in [1.29, 1.82) is 0 Å². The Labute approximate surface area is 99.0 Å². The SMILES string of the molecule is CC(C)C(NCc1cc(F)ccc1F)C(N)=O. The monoisotopic (exact) mass is 242 g/mol. The molecule has 94 valence electrons. The molecule has 0 saturated heterocycles. The molecule has 3 N–H and O–H groups in total. The number of carbonyl (C=O) groups excluding carboxylic acids is 1. The maximum atomic E-state index is 13.3. The van der Waals surface area contributed by atoms with Gasteiger partial charge < -0.3 is 11.1 Å². The van der Waals surface area contributed by atoms with Crippen molar-refractivity contribution in [3.8, 4) is 0 Å². The molecule has 0 radical (unpaired) electrons. The third kappa shape index (κ3) is 3.78. The molecule has 1 atom stereocenters. The summed E-state index contributed by atoms with van der Waals surface area (Å²) in [5, 5.41) is 2.82. The highest BCUT2D eigenvalue weighted by atomic mass is 19.1. The van der Waals surface area contributed by atoms with Crippen LogP contribution in [-0.4, -0.2) is 11.9 Å². The number of carbonyl (C=O) groups is 1. The fourth-order valence-electron chi connectivity index (χ4n) is 1.56. The van der Waals surface area contributed by atoms with Gasteiger partial charge in [-0.15, -0.1) is 0 Å². The van der Waals surface area contributed by atoms with E-state index in [-0.39, 0.29) is 18.0 Å². The Kier molecular flexibility index (Phi) is 4.57. The second-order valence-electron chi connectivity index (χ2n) is 4.24. The summed E-state index contributed by atoms with van der Waals surface area (Å²) in [4.78, 5) is 11.1. The molecule has 0 aliphatic rings. The summed E-state index contributed by atoms with van der Waals surface area (Å²) in [6, 6.07) is 2.65. The normalized spacial score (nSPS) is 12.8. The predicted octanol–water partition coefficient (Wildman–Crippen LogP) is 1.56. The van der Waals surface area contributed by atoms with Crippen molar-refractivity contribution in [2.45, 2.75) is 26.4 Å². The third-order valence-corrected chi connectivity index (χ3v) is 2.49. The van der Waals surface area contributed by atoms with E-state index < -0.39 is 23.6 Å². The Hall–Kier alpha value is -1.49. The highest BCUT2D eigenvalue weighted by molar-refractivity contribution is 5.80. The molecule has 0 bridgehead atoms. The van der Waals surface area contributed by atoms with Crippen molar-refractivity contribution in [2.24, 2.45) is 11.7 Å². The predicted molar refractivity (Wildman–Crippen MR) is 61.0 cm³/mol. The largest absolute Gasteiger partial charge is 0.368 e. The minimum atomic E-state index is -0.558. The van der Waals surface area contributed by atoms with Gasteiger partial charge >= 0.3 is 0 Å². The second-order valence-corrected chi connectivity index (χ2v) is 4.24. The van der Waals surface area contributed by atoms with Crippen molar-refractivity contribution >= 4 is 5.91 Å². The Balaban J connectivity index is 2.72. The molecule has 1 aromatic rings. The highest BCUT2D eigenvalue weighted by Crippen LogP contribution is 2.10. The first-order valence-electron chi connectivity index (χ1n) is 5.38. The molecule has 0 aromatic heterocycles. The Bertz CT molecular complexity index is 407. The lowest BCUT2D eigenvalue weighted by Gasteiger charge is -2.19. The first-order valence-corrected chi connectivity index (χ1v) is 5.38. The molecule has 0 saturated carbocycles. The van der Waals surface area contributed by atoms with Crippen LogP contribution in [0.3, 0.4) is 0 Å². The van der Waals surface area contributed by atoms with Gasteiger partial charge in [-0.25, -0.2) is 8.78 Å². The molecule has 3 nitrogen and oxygen atoms in total. The minimum Gasteiger partial charge on any atom is -0.368 e. The topological polar surface area (TPSA) is 55.1 Å². The van der Waals surface area contributed by atoms with Crippen molar-refractivity contribution in [1.82, 2.24) is 5.32 Å². The molecule has 5 heteroatoms. The molecule has 0 spiro atoms. The van der Waals surface area contributed by atoms with Gasteiger partial charge in [0.05, 0.1) is 6.04 Å². The number of amides is 1.